The molecule has 0 spiro atoms. The van der Waals surface area contributed by atoms with Crippen LogP contribution < -0.4 is 0 Å². The first-order chi connectivity index (χ1) is 33.3. The Balaban J connectivity index is 1.12. The summed E-state index contributed by atoms with van der Waals surface area (Å²) in [4.78, 5) is 31.3. The number of benzene rings is 8. The van der Waals surface area contributed by atoms with E-state index in [-0.39, 0.29) is 6.42 Å². The zero-order chi connectivity index (χ0) is 47.8. The van der Waals surface area contributed by atoms with E-state index < -0.39 is 0 Å². The zero-order valence-electron chi connectivity index (χ0n) is 40.6. The predicted molar refractivity (Wildman–Crippen MR) is 284 cm³/mol. The van der Waals surface area contributed by atoms with Gasteiger partial charge in [0.25, 0.3) is 0 Å². The number of rotatable bonds is 10. The van der Waals surface area contributed by atoms with E-state index in [1.165, 1.54) is 44.5 Å². The minimum atomic E-state index is 0.242. The molecule has 2 aromatic heterocycles. The Labute approximate surface area is 406 Å². The van der Waals surface area contributed by atoms with Crippen LogP contribution >= 0.6 is 0 Å². The fourth-order valence-corrected chi connectivity index (χ4v) is 9.57. The number of aromatic nitrogens is 6. The molecule has 0 aliphatic carbocycles. The van der Waals surface area contributed by atoms with E-state index in [0.29, 0.717) is 34.9 Å². The standard InChI is InChI=1S/C63H54N6/c1-38-21-39(2)26-54(25-38)46-13-9-17-50(33-46)60-64-58(65-61(68-60)51-18-10-14-47(34-51)55-27-40(3)22-41(4)28-55)37-59-66-62(52-19-11-15-48(35-52)56-29-42(5)23-43(6)30-56)69-63(67-59)53-20-12-16-49(36-53)57-31-44(7)24-45(8)32-57/h9-36H,37H2,1-8H3. The third-order valence-corrected chi connectivity index (χ3v) is 12.4. The highest BCUT2D eigenvalue weighted by atomic mass is 15.1. The Kier molecular flexibility index (Phi) is 12.2. The van der Waals surface area contributed by atoms with E-state index in [4.69, 9.17) is 29.9 Å². The van der Waals surface area contributed by atoms with Gasteiger partial charge in [-0.3, -0.25) is 0 Å². The molecule has 6 heteroatoms. The van der Waals surface area contributed by atoms with Crippen LogP contribution in [0.1, 0.15) is 56.2 Å². The largest absolute Gasteiger partial charge is 0.213 e. The first kappa shape index (κ1) is 44.6. The fraction of sp³-hybridized carbons (Fsp3) is 0.143. The third kappa shape index (κ3) is 10.2. The summed E-state index contributed by atoms with van der Waals surface area (Å²) in [5.41, 5.74) is 22.3. The molecule has 0 aliphatic rings. The van der Waals surface area contributed by atoms with Crippen molar-refractivity contribution in [3.8, 4) is 90.1 Å². The molecule has 0 radical (unpaired) electrons. The van der Waals surface area contributed by atoms with Crippen molar-refractivity contribution in [3.63, 3.8) is 0 Å². The quantitative estimate of drug-likeness (QED) is 0.136. The topological polar surface area (TPSA) is 77.3 Å². The van der Waals surface area contributed by atoms with Crippen LogP contribution in [-0.2, 0) is 6.42 Å². The van der Waals surface area contributed by atoms with Gasteiger partial charge in [-0.2, -0.15) is 0 Å². The van der Waals surface area contributed by atoms with E-state index in [2.05, 4.69) is 225 Å². The van der Waals surface area contributed by atoms with Gasteiger partial charge in [0.1, 0.15) is 11.6 Å². The highest BCUT2D eigenvalue weighted by Crippen LogP contribution is 2.33. The second-order valence-electron chi connectivity index (χ2n) is 18.8. The molecule has 6 nitrogen and oxygen atoms in total. The molecule has 0 unspecified atom stereocenters. The average Bonchev–Trinajstić information content (AvgIpc) is 3.33. The van der Waals surface area contributed by atoms with Gasteiger partial charge in [0.15, 0.2) is 23.3 Å². The lowest BCUT2D eigenvalue weighted by atomic mass is 9.98. The molecule has 0 N–H and O–H groups in total. The summed E-state index contributed by atoms with van der Waals surface area (Å²) in [6, 6.07) is 60.5. The molecule has 0 fully saturated rings. The van der Waals surface area contributed by atoms with Crippen LogP contribution in [0.4, 0.5) is 0 Å². The van der Waals surface area contributed by atoms with Gasteiger partial charge in [-0.1, -0.05) is 190 Å². The molecule has 0 amide bonds. The zero-order valence-corrected chi connectivity index (χ0v) is 40.6. The number of hydrogen-bond donors (Lipinski definition) is 0. The normalized spacial score (nSPS) is 11.2. The van der Waals surface area contributed by atoms with Crippen LogP contribution in [0, 0.1) is 55.4 Å². The highest BCUT2D eigenvalue weighted by Gasteiger charge is 2.18. The molecule has 8 aromatic carbocycles. The molecule has 0 atom stereocenters. The summed E-state index contributed by atoms with van der Waals surface area (Å²) in [7, 11) is 0. The molecule has 0 saturated carbocycles. The molecule has 69 heavy (non-hydrogen) atoms. The van der Waals surface area contributed by atoms with Crippen LogP contribution in [-0.4, -0.2) is 29.9 Å². The van der Waals surface area contributed by atoms with Crippen LogP contribution in [0.15, 0.2) is 170 Å². The molecule has 10 rings (SSSR count). The molecule has 10 aromatic rings. The molecule has 0 aliphatic heterocycles. The molecular weight excluding hydrogens is 841 g/mol. The van der Waals surface area contributed by atoms with Gasteiger partial charge in [-0.15, -0.1) is 0 Å². The minimum absolute atomic E-state index is 0.242. The summed E-state index contributed by atoms with van der Waals surface area (Å²) in [5.74, 6) is 3.42. The van der Waals surface area contributed by atoms with Gasteiger partial charge in [-0.25, -0.2) is 29.9 Å². The van der Waals surface area contributed by atoms with Crippen molar-refractivity contribution < 1.29 is 0 Å². The van der Waals surface area contributed by atoms with E-state index >= 15 is 0 Å². The first-order valence-corrected chi connectivity index (χ1v) is 23.6. The summed E-state index contributed by atoms with van der Waals surface area (Å²) in [5, 5.41) is 0. The molecule has 336 valence electrons. The van der Waals surface area contributed by atoms with E-state index in [1.54, 1.807) is 0 Å². The molecule has 0 bridgehead atoms. The Morgan fingerprint density at radius 2 is 0.420 bits per heavy atom. The summed E-state index contributed by atoms with van der Waals surface area (Å²) < 4.78 is 0. The van der Waals surface area contributed by atoms with E-state index in [0.717, 1.165) is 66.8 Å². The van der Waals surface area contributed by atoms with Gasteiger partial charge >= 0.3 is 0 Å². The lowest BCUT2D eigenvalue weighted by Gasteiger charge is -2.13. The lowest BCUT2D eigenvalue weighted by molar-refractivity contribution is 0.861. The first-order valence-electron chi connectivity index (χ1n) is 23.6. The smallest absolute Gasteiger partial charge is 0.163 e. The second kappa shape index (κ2) is 18.8. The maximum Gasteiger partial charge on any atom is 0.163 e. The summed E-state index contributed by atoms with van der Waals surface area (Å²) in [6.07, 6.45) is 0.242. The van der Waals surface area contributed by atoms with Gasteiger partial charge in [0.2, 0.25) is 0 Å². The highest BCUT2D eigenvalue weighted by molar-refractivity contribution is 5.76. The van der Waals surface area contributed by atoms with Gasteiger partial charge in [-0.05, 0) is 124 Å². The summed E-state index contributed by atoms with van der Waals surface area (Å²) >= 11 is 0. The lowest BCUT2D eigenvalue weighted by Crippen LogP contribution is -2.08. The van der Waals surface area contributed by atoms with Crippen LogP contribution in [0.3, 0.4) is 0 Å². The maximum absolute atomic E-state index is 5.22. The summed E-state index contributed by atoms with van der Waals surface area (Å²) in [6.45, 7) is 17.1. The van der Waals surface area contributed by atoms with Crippen molar-refractivity contribution in [2.45, 2.75) is 61.8 Å². The van der Waals surface area contributed by atoms with Crippen LogP contribution in [0.5, 0.6) is 0 Å². The Morgan fingerprint density at radius 3 is 0.638 bits per heavy atom. The van der Waals surface area contributed by atoms with E-state index in [1.807, 2.05) is 0 Å². The Morgan fingerprint density at radius 1 is 0.217 bits per heavy atom. The molecule has 2 heterocycles. The Bertz CT molecular complexity index is 3040. The van der Waals surface area contributed by atoms with Gasteiger partial charge < -0.3 is 0 Å². The maximum atomic E-state index is 5.22. The van der Waals surface area contributed by atoms with Crippen LogP contribution in [0.2, 0.25) is 0 Å². The number of hydrogen-bond acceptors (Lipinski definition) is 6. The van der Waals surface area contributed by atoms with Gasteiger partial charge in [0.05, 0.1) is 6.42 Å². The van der Waals surface area contributed by atoms with Crippen molar-refractivity contribution in [2.24, 2.45) is 0 Å². The van der Waals surface area contributed by atoms with Crippen molar-refractivity contribution in [1.82, 2.24) is 29.9 Å². The predicted octanol–water partition coefficient (Wildman–Crippen LogP) is 15.5. The number of nitrogens with zero attached hydrogens (tertiary/aromatic N) is 6. The van der Waals surface area contributed by atoms with Crippen molar-refractivity contribution >= 4 is 0 Å². The monoisotopic (exact) mass is 894 g/mol. The second-order valence-corrected chi connectivity index (χ2v) is 18.8. The third-order valence-electron chi connectivity index (χ3n) is 12.4. The van der Waals surface area contributed by atoms with Crippen molar-refractivity contribution in [1.29, 1.82) is 0 Å². The van der Waals surface area contributed by atoms with E-state index in [9.17, 15) is 0 Å². The van der Waals surface area contributed by atoms with Crippen molar-refractivity contribution in [2.75, 3.05) is 0 Å². The Hall–Kier alpha value is -8.22. The fourth-order valence-electron chi connectivity index (χ4n) is 9.57. The average molecular weight is 895 g/mol. The molecule has 0 saturated heterocycles. The SMILES string of the molecule is Cc1cc(C)cc(-c2cccc(-c3nc(Cc4nc(-c5cccc(-c6cc(C)cc(C)c6)c5)nc(-c5cccc(-c6cc(C)cc(C)c6)c5)n4)nc(-c4cccc(-c5cc(C)cc(C)c5)c4)n3)c2)c1. The van der Waals surface area contributed by atoms with Crippen LogP contribution in [0.25, 0.3) is 90.1 Å². The van der Waals surface area contributed by atoms with Gasteiger partial charge in [0, 0.05) is 22.3 Å². The molecular formula is C63H54N6. The minimum Gasteiger partial charge on any atom is -0.213 e. The number of aryl methyl sites for hydroxylation is 8. The van der Waals surface area contributed by atoms with Crippen molar-refractivity contribution in [3.05, 3.63) is 226 Å².